The maximum Gasteiger partial charge on any atom is 0.255 e. The zero-order chi connectivity index (χ0) is 29.7. The molecule has 0 bridgehead atoms. The molecule has 1 aromatic carbocycles. The van der Waals surface area contributed by atoms with Gasteiger partial charge in [-0.2, -0.15) is 4.98 Å². The molecular weight excluding hydrogens is 524 g/mol. The van der Waals surface area contributed by atoms with Crippen molar-refractivity contribution in [2.24, 2.45) is 5.92 Å². The quantitative estimate of drug-likeness (QED) is 0.490. The van der Waals surface area contributed by atoms with E-state index in [1.165, 1.54) is 0 Å². The molecule has 4 rings (SSSR count). The molecule has 2 unspecified atom stereocenters. The number of hydrogen-bond donors (Lipinski definition) is 1. The number of hydrogen-bond acceptors (Lipinski definition) is 8. The second-order valence-electron chi connectivity index (χ2n) is 12.5. The van der Waals surface area contributed by atoms with Gasteiger partial charge in [-0.05, 0) is 44.4 Å². The molecule has 0 aliphatic carbocycles. The van der Waals surface area contributed by atoms with Gasteiger partial charge in [-0.15, -0.1) is 0 Å². The van der Waals surface area contributed by atoms with E-state index in [2.05, 4.69) is 20.4 Å². The minimum Gasteiger partial charge on any atom is -0.485 e. The summed E-state index contributed by atoms with van der Waals surface area (Å²) >= 11 is 0. The van der Waals surface area contributed by atoms with Crippen LogP contribution in [0.4, 0.5) is 0 Å². The number of likely N-dealkylation sites (tertiary alicyclic amines) is 1. The first-order valence-electron chi connectivity index (χ1n) is 14.6. The highest BCUT2D eigenvalue weighted by Crippen LogP contribution is 2.25. The van der Waals surface area contributed by atoms with Gasteiger partial charge in [0, 0.05) is 38.1 Å². The van der Waals surface area contributed by atoms with Crippen LogP contribution in [0.25, 0.3) is 0 Å². The summed E-state index contributed by atoms with van der Waals surface area (Å²) in [6.45, 7) is 13.5. The molecule has 0 spiro atoms. The Labute approximate surface area is 242 Å². The van der Waals surface area contributed by atoms with Gasteiger partial charge < -0.3 is 29.3 Å². The van der Waals surface area contributed by atoms with Crippen LogP contribution < -0.4 is 10.1 Å². The number of ether oxygens (including phenoxy) is 1. The first kappa shape index (κ1) is 30.5. The first-order valence-corrected chi connectivity index (χ1v) is 14.6. The van der Waals surface area contributed by atoms with Gasteiger partial charge in [0.25, 0.3) is 5.91 Å². The summed E-state index contributed by atoms with van der Waals surface area (Å²) in [5, 5.41) is 6.94. The smallest absolute Gasteiger partial charge is 0.255 e. The second kappa shape index (κ2) is 13.0. The molecular formula is C30H44N6O5. The standard InChI is InChI=1S/C30H44N6O5/c1-20(2)18-22(27(38)36-13-9-11-23(36)28(39)35-16-14-34(6)15-17-35)31-26(37)21-10-7-8-12-24(21)40-19-25-32-29(41-33-25)30(3,4)5/h7-8,10,12,20,22-23H,9,11,13-19H2,1-6H3,(H,31,37). The number of aromatic nitrogens is 2. The summed E-state index contributed by atoms with van der Waals surface area (Å²) < 4.78 is 11.3. The van der Waals surface area contributed by atoms with E-state index >= 15 is 0 Å². The Morgan fingerprint density at radius 3 is 2.46 bits per heavy atom. The first-order chi connectivity index (χ1) is 19.4. The lowest BCUT2D eigenvalue weighted by Crippen LogP contribution is -2.56. The third-order valence-electron chi connectivity index (χ3n) is 7.54. The molecule has 2 aromatic rings. The number of piperazine rings is 1. The molecule has 0 saturated carbocycles. The zero-order valence-corrected chi connectivity index (χ0v) is 25.2. The van der Waals surface area contributed by atoms with Gasteiger partial charge in [0.15, 0.2) is 6.61 Å². The Balaban J connectivity index is 1.45. The second-order valence-corrected chi connectivity index (χ2v) is 12.5. The summed E-state index contributed by atoms with van der Waals surface area (Å²) in [6, 6.07) is 5.64. The van der Waals surface area contributed by atoms with Gasteiger partial charge in [0.1, 0.15) is 17.8 Å². The van der Waals surface area contributed by atoms with E-state index < -0.39 is 18.0 Å². The van der Waals surface area contributed by atoms with Crippen LogP contribution in [0.15, 0.2) is 28.8 Å². The van der Waals surface area contributed by atoms with Crippen molar-refractivity contribution in [3.63, 3.8) is 0 Å². The topological polar surface area (TPSA) is 121 Å². The lowest BCUT2D eigenvalue weighted by Gasteiger charge is -2.36. The van der Waals surface area contributed by atoms with Crippen molar-refractivity contribution in [1.29, 1.82) is 0 Å². The molecule has 41 heavy (non-hydrogen) atoms. The minimum absolute atomic E-state index is 0.00778. The van der Waals surface area contributed by atoms with Crippen LogP contribution >= 0.6 is 0 Å². The maximum absolute atomic E-state index is 13.9. The third-order valence-corrected chi connectivity index (χ3v) is 7.54. The Kier molecular flexibility index (Phi) is 9.68. The van der Waals surface area contributed by atoms with Gasteiger partial charge in [-0.3, -0.25) is 14.4 Å². The number of benzene rings is 1. The Morgan fingerprint density at radius 1 is 1.10 bits per heavy atom. The van der Waals surface area contributed by atoms with Gasteiger partial charge in [0.05, 0.1) is 5.56 Å². The van der Waals surface area contributed by atoms with E-state index in [1.807, 2.05) is 46.6 Å². The van der Waals surface area contributed by atoms with Crippen LogP contribution in [-0.4, -0.2) is 94.4 Å². The molecule has 224 valence electrons. The van der Waals surface area contributed by atoms with Crippen LogP contribution in [0.3, 0.4) is 0 Å². The number of likely N-dealkylation sites (N-methyl/N-ethyl adjacent to an activating group) is 1. The Hall–Kier alpha value is -3.47. The van der Waals surface area contributed by atoms with Crippen LogP contribution in [0.1, 0.15) is 76.0 Å². The predicted molar refractivity (Wildman–Crippen MR) is 153 cm³/mol. The number of nitrogens with one attached hydrogen (secondary N) is 1. The van der Waals surface area contributed by atoms with Crippen molar-refractivity contribution >= 4 is 17.7 Å². The van der Waals surface area contributed by atoms with E-state index in [-0.39, 0.29) is 29.8 Å². The van der Waals surface area contributed by atoms with Gasteiger partial charge in [-0.25, -0.2) is 0 Å². The van der Waals surface area contributed by atoms with E-state index in [4.69, 9.17) is 9.26 Å². The summed E-state index contributed by atoms with van der Waals surface area (Å²) in [5.74, 6) is 0.772. The SMILES string of the molecule is CC(C)CC(NC(=O)c1ccccc1OCc1noc(C(C)(C)C)n1)C(=O)N1CCCC1C(=O)N1CCN(C)CC1. The fourth-order valence-corrected chi connectivity index (χ4v) is 5.19. The lowest BCUT2D eigenvalue weighted by molar-refractivity contribution is -0.145. The highest BCUT2D eigenvalue weighted by atomic mass is 16.5. The fraction of sp³-hybridized carbons (Fsp3) is 0.633. The highest BCUT2D eigenvalue weighted by Gasteiger charge is 2.40. The Bertz CT molecular complexity index is 1210. The zero-order valence-electron chi connectivity index (χ0n) is 25.2. The molecule has 1 N–H and O–H groups in total. The largest absolute Gasteiger partial charge is 0.485 e. The lowest BCUT2D eigenvalue weighted by atomic mass is 9.97. The number of carbonyl (C=O) groups excluding carboxylic acids is 3. The fourth-order valence-electron chi connectivity index (χ4n) is 5.19. The number of amides is 3. The number of para-hydroxylation sites is 1. The predicted octanol–water partition coefficient (Wildman–Crippen LogP) is 2.86. The van der Waals surface area contributed by atoms with Crippen molar-refractivity contribution in [2.45, 2.75) is 78.0 Å². The van der Waals surface area contributed by atoms with Crippen molar-refractivity contribution < 1.29 is 23.6 Å². The highest BCUT2D eigenvalue weighted by molar-refractivity contribution is 6.00. The molecule has 2 aliphatic heterocycles. The molecule has 3 heterocycles. The van der Waals surface area contributed by atoms with Gasteiger partial charge in [-0.1, -0.05) is 51.9 Å². The molecule has 2 aliphatic rings. The van der Waals surface area contributed by atoms with Crippen LogP contribution in [0, 0.1) is 5.92 Å². The molecule has 2 saturated heterocycles. The van der Waals surface area contributed by atoms with Crippen LogP contribution in [0.2, 0.25) is 0 Å². The van der Waals surface area contributed by atoms with Crippen molar-refractivity contribution in [3.05, 3.63) is 41.5 Å². The van der Waals surface area contributed by atoms with Crippen molar-refractivity contribution in [1.82, 2.24) is 30.2 Å². The summed E-state index contributed by atoms with van der Waals surface area (Å²) in [6.07, 6.45) is 1.86. The van der Waals surface area contributed by atoms with Gasteiger partial charge >= 0.3 is 0 Å². The number of nitrogens with zero attached hydrogens (tertiary/aromatic N) is 5. The summed E-state index contributed by atoms with van der Waals surface area (Å²) in [7, 11) is 2.05. The van der Waals surface area contributed by atoms with E-state index in [9.17, 15) is 14.4 Å². The van der Waals surface area contributed by atoms with Gasteiger partial charge in [0.2, 0.25) is 23.5 Å². The molecule has 1 aromatic heterocycles. The Morgan fingerprint density at radius 2 is 1.80 bits per heavy atom. The molecule has 2 atom stereocenters. The number of carbonyl (C=O) groups is 3. The normalized spacial score (nSPS) is 19.0. The average molecular weight is 569 g/mol. The van der Waals surface area contributed by atoms with Crippen molar-refractivity contribution in [3.8, 4) is 5.75 Å². The monoisotopic (exact) mass is 568 g/mol. The van der Waals surface area contributed by atoms with Crippen molar-refractivity contribution in [2.75, 3.05) is 39.8 Å². The van der Waals surface area contributed by atoms with Crippen LogP contribution in [-0.2, 0) is 21.6 Å². The molecule has 11 heteroatoms. The van der Waals surface area contributed by atoms with E-state index in [0.717, 1.165) is 19.5 Å². The van der Waals surface area contributed by atoms with E-state index in [1.54, 1.807) is 29.2 Å². The molecule has 2 fully saturated rings. The third kappa shape index (κ3) is 7.63. The molecule has 0 radical (unpaired) electrons. The summed E-state index contributed by atoms with van der Waals surface area (Å²) in [4.78, 5) is 50.9. The van der Waals surface area contributed by atoms with E-state index in [0.29, 0.717) is 55.5 Å². The van der Waals surface area contributed by atoms with Crippen LogP contribution in [0.5, 0.6) is 5.75 Å². The average Bonchev–Trinajstić information content (AvgIpc) is 3.61. The minimum atomic E-state index is -0.761. The molecule has 3 amide bonds. The summed E-state index contributed by atoms with van der Waals surface area (Å²) in [5.41, 5.74) is 0.0184. The maximum atomic E-state index is 13.9. The molecule has 11 nitrogen and oxygen atoms in total. The number of rotatable bonds is 9.